The normalized spacial score (nSPS) is 11.1. The number of halogens is 2. The summed E-state index contributed by atoms with van der Waals surface area (Å²) in [6.07, 6.45) is 0. The minimum absolute atomic E-state index is 0.473. The predicted octanol–water partition coefficient (Wildman–Crippen LogP) is 3.18. The second-order valence-corrected chi connectivity index (χ2v) is 7.98. The molecule has 0 saturated heterocycles. The third-order valence-corrected chi connectivity index (χ3v) is 5.56. The first-order valence-electron chi connectivity index (χ1n) is 7.56. The maximum atomic E-state index is 6.42. The Morgan fingerprint density at radius 1 is 1.08 bits per heavy atom. The summed E-state index contributed by atoms with van der Waals surface area (Å²) in [6.45, 7) is 0. The van der Waals surface area contributed by atoms with Crippen LogP contribution in [0.1, 0.15) is 0 Å². The molecule has 26 heavy (non-hydrogen) atoms. The first-order chi connectivity index (χ1) is 12.6. The Labute approximate surface area is 173 Å². The van der Waals surface area contributed by atoms with Crippen molar-refractivity contribution in [3.63, 3.8) is 0 Å². The van der Waals surface area contributed by atoms with Crippen molar-refractivity contribution in [2.45, 2.75) is 5.03 Å². The molecule has 130 valence electrons. The van der Waals surface area contributed by atoms with E-state index in [1.54, 1.807) is 16.8 Å². The van der Waals surface area contributed by atoms with Crippen molar-refractivity contribution in [3.8, 4) is 28.2 Å². The standard InChI is InChI=1S/C17H12AsCl2N5S/c18-16-15(13(21-22-16)9-4-2-1-3-5-9)25-14(17(26)23-24-25)11-7-6-10(19)8-12(11)20/h1-8,26H,18H2,(H,21,22). The fraction of sp³-hybridized carbons (Fsp3) is 0. The Morgan fingerprint density at radius 2 is 1.85 bits per heavy atom. The van der Waals surface area contributed by atoms with E-state index in [9.17, 15) is 0 Å². The molecule has 1 atom stereocenters. The molecule has 0 aliphatic carbocycles. The number of nitrogens with zero attached hydrogens (tertiary/aromatic N) is 4. The van der Waals surface area contributed by atoms with Crippen LogP contribution in [0.4, 0.5) is 0 Å². The van der Waals surface area contributed by atoms with Gasteiger partial charge in [-0.05, 0) is 0 Å². The summed E-state index contributed by atoms with van der Waals surface area (Å²) in [4.78, 5) is 0. The van der Waals surface area contributed by atoms with Gasteiger partial charge in [-0.2, -0.15) is 0 Å². The second-order valence-electron chi connectivity index (χ2n) is 5.50. The van der Waals surface area contributed by atoms with Gasteiger partial charge in [0.15, 0.2) is 0 Å². The number of thiol groups is 1. The molecule has 5 nitrogen and oxygen atoms in total. The van der Waals surface area contributed by atoms with Crippen molar-refractivity contribution >= 4 is 57.2 Å². The molecule has 0 radical (unpaired) electrons. The van der Waals surface area contributed by atoms with E-state index in [1.807, 2.05) is 36.4 Å². The molecule has 2 aromatic heterocycles. The van der Waals surface area contributed by atoms with Gasteiger partial charge in [-0.25, -0.2) is 0 Å². The van der Waals surface area contributed by atoms with E-state index in [0.29, 0.717) is 20.8 Å². The molecule has 9 heteroatoms. The number of rotatable bonds is 3. The number of hydrogen-bond donors (Lipinski definition) is 2. The molecule has 1 unspecified atom stereocenters. The fourth-order valence-corrected chi connectivity index (χ4v) is 4.14. The Kier molecular flexibility index (Phi) is 4.84. The van der Waals surface area contributed by atoms with Gasteiger partial charge >= 0.3 is 174 Å². The zero-order valence-electron chi connectivity index (χ0n) is 13.2. The summed E-state index contributed by atoms with van der Waals surface area (Å²) in [7, 11) is 0. The maximum absolute atomic E-state index is 6.42. The van der Waals surface area contributed by atoms with Crippen LogP contribution in [0.2, 0.25) is 10.0 Å². The molecule has 0 saturated carbocycles. The van der Waals surface area contributed by atoms with Crippen LogP contribution < -0.4 is 4.48 Å². The number of benzene rings is 2. The molecule has 0 fully saturated rings. The number of aromatic amines is 1. The minimum atomic E-state index is 0.473. The predicted molar refractivity (Wildman–Crippen MR) is 110 cm³/mol. The third kappa shape index (κ3) is 3.07. The Hall–Kier alpha value is -1.72. The monoisotopic (exact) mass is 463 g/mol. The molecular weight excluding hydrogens is 452 g/mol. The summed E-state index contributed by atoms with van der Waals surface area (Å²) >= 11 is 18.3. The van der Waals surface area contributed by atoms with Crippen molar-refractivity contribution in [2.75, 3.05) is 0 Å². The van der Waals surface area contributed by atoms with Crippen LogP contribution in [-0.2, 0) is 0 Å². The van der Waals surface area contributed by atoms with E-state index < -0.39 is 0 Å². The van der Waals surface area contributed by atoms with Crippen molar-refractivity contribution in [3.05, 3.63) is 58.6 Å². The van der Waals surface area contributed by atoms with Gasteiger partial charge in [-0.15, -0.1) is 0 Å². The van der Waals surface area contributed by atoms with Crippen LogP contribution in [0, 0.1) is 0 Å². The zero-order valence-corrected chi connectivity index (χ0v) is 18.0. The van der Waals surface area contributed by atoms with Gasteiger partial charge in [0.2, 0.25) is 0 Å². The zero-order chi connectivity index (χ0) is 18.3. The number of aromatic nitrogens is 5. The molecule has 0 bridgehead atoms. The summed E-state index contributed by atoms with van der Waals surface area (Å²) in [6, 6.07) is 15.2. The van der Waals surface area contributed by atoms with E-state index in [-0.39, 0.29) is 0 Å². The molecule has 2 heterocycles. The molecule has 4 aromatic rings. The summed E-state index contributed by atoms with van der Waals surface area (Å²) in [5.41, 5.74) is 4.03. The number of nitrogens with one attached hydrogen (secondary N) is 1. The summed E-state index contributed by atoms with van der Waals surface area (Å²) in [5, 5.41) is 17.5. The average Bonchev–Trinajstić information content (AvgIpc) is 3.18. The first kappa shape index (κ1) is 17.7. The molecule has 0 amide bonds. The van der Waals surface area contributed by atoms with Crippen LogP contribution >= 0.6 is 35.8 Å². The number of H-pyrrole nitrogens is 1. The molecule has 0 aliphatic heterocycles. The van der Waals surface area contributed by atoms with Gasteiger partial charge in [0.05, 0.1) is 0 Å². The fourth-order valence-electron chi connectivity index (χ4n) is 2.71. The molecule has 4 rings (SSSR count). The molecule has 2 aromatic carbocycles. The Morgan fingerprint density at radius 3 is 2.58 bits per heavy atom. The van der Waals surface area contributed by atoms with Crippen molar-refractivity contribution in [2.24, 2.45) is 0 Å². The van der Waals surface area contributed by atoms with Crippen LogP contribution in [-0.4, -0.2) is 42.0 Å². The van der Waals surface area contributed by atoms with Gasteiger partial charge in [-0.1, -0.05) is 0 Å². The van der Waals surface area contributed by atoms with Crippen LogP contribution in [0.25, 0.3) is 28.2 Å². The molecular formula is C17H12AsCl2N5S. The van der Waals surface area contributed by atoms with Gasteiger partial charge in [0, 0.05) is 0 Å². The van der Waals surface area contributed by atoms with Crippen molar-refractivity contribution in [1.82, 2.24) is 25.2 Å². The first-order valence-corrected chi connectivity index (χ1v) is 9.97. The molecule has 0 aliphatic rings. The van der Waals surface area contributed by atoms with E-state index in [0.717, 1.165) is 27.0 Å². The van der Waals surface area contributed by atoms with Gasteiger partial charge < -0.3 is 0 Å². The van der Waals surface area contributed by atoms with Crippen molar-refractivity contribution in [1.29, 1.82) is 0 Å². The summed E-state index contributed by atoms with van der Waals surface area (Å²) < 4.78 is 2.64. The topological polar surface area (TPSA) is 59.4 Å². The van der Waals surface area contributed by atoms with E-state index in [4.69, 9.17) is 23.2 Å². The third-order valence-electron chi connectivity index (χ3n) is 3.87. The van der Waals surface area contributed by atoms with E-state index in [1.165, 1.54) is 16.9 Å². The average molecular weight is 464 g/mol. The van der Waals surface area contributed by atoms with Gasteiger partial charge in [-0.3, -0.25) is 0 Å². The molecule has 0 spiro atoms. The molecule has 1 N–H and O–H groups in total. The van der Waals surface area contributed by atoms with Crippen LogP contribution in [0.3, 0.4) is 0 Å². The van der Waals surface area contributed by atoms with Crippen molar-refractivity contribution < 1.29 is 0 Å². The second kappa shape index (κ2) is 7.12. The summed E-state index contributed by atoms with van der Waals surface area (Å²) in [5.74, 6) is 0. The van der Waals surface area contributed by atoms with E-state index in [2.05, 4.69) is 33.1 Å². The van der Waals surface area contributed by atoms with Crippen LogP contribution in [0.15, 0.2) is 53.6 Å². The van der Waals surface area contributed by atoms with Crippen LogP contribution in [0.5, 0.6) is 0 Å². The van der Waals surface area contributed by atoms with E-state index >= 15 is 0 Å². The Balaban J connectivity index is 1.96. The van der Waals surface area contributed by atoms with Gasteiger partial charge in [0.25, 0.3) is 0 Å². The Bertz CT molecular complexity index is 1090. The van der Waals surface area contributed by atoms with Gasteiger partial charge in [0.1, 0.15) is 0 Å². The quantitative estimate of drug-likeness (QED) is 0.362. The SMILES string of the molecule is Sc1nnn(-c2c(-c3ccccc3)n[nH]c2[AsH2])c1-c1ccc(Cl)cc1Cl. The number of hydrogen-bond acceptors (Lipinski definition) is 4.